The van der Waals surface area contributed by atoms with E-state index in [1.807, 2.05) is 37.3 Å². The first-order valence-corrected chi connectivity index (χ1v) is 6.23. The molecule has 2 aromatic heterocycles. The molecule has 0 fully saturated rings. The predicted molar refractivity (Wildman–Crippen MR) is 74.9 cm³/mol. The Kier molecular flexibility index (Phi) is 2.75. The van der Waals surface area contributed by atoms with Crippen molar-refractivity contribution < 1.29 is 9.90 Å². The first-order valence-electron chi connectivity index (χ1n) is 6.23. The minimum Gasteiger partial charge on any atom is -0.476 e. The summed E-state index contributed by atoms with van der Waals surface area (Å²) in [5.41, 5.74) is 3.50. The average Bonchev–Trinajstić information content (AvgIpc) is 2.77. The molecule has 0 aliphatic rings. The molecule has 0 saturated carbocycles. The van der Waals surface area contributed by atoms with E-state index in [1.54, 1.807) is 17.5 Å². The summed E-state index contributed by atoms with van der Waals surface area (Å²) in [6.07, 6.45) is 0. The maximum Gasteiger partial charge on any atom is 0.356 e. The van der Waals surface area contributed by atoms with E-state index in [1.165, 1.54) is 5.56 Å². The minimum absolute atomic E-state index is 0.0328. The summed E-state index contributed by atoms with van der Waals surface area (Å²) in [5.74, 6) is -0.480. The largest absolute Gasteiger partial charge is 0.476 e. The van der Waals surface area contributed by atoms with Gasteiger partial charge >= 0.3 is 5.97 Å². The van der Waals surface area contributed by atoms with Crippen molar-refractivity contribution in [2.45, 2.75) is 13.8 Å². The van der Waals surface area contributed by atoms with Gasteiger partial charge in [-0.05, 0) is 26.0 Å². The van der Waals surface area contributed by atoms with Gasteiger partial charge in [-0.3, -0.25) is 0 Å². The highest BCUT2D eigenvalue weighted by Gasteiger charge is 2.15. The van der Waals surface area contributed by atoms with E-state index in [-0.39, 0.29) is 5.69 Å². The van der Waals surface area contributed by atoms with Gasteiger partial charge in [-0.2, -0.15) is 5.10 Å². The van der Waals surface area contributed by atoms with Crippen LogP contribution in [0.5, 0.6) is 0 Å². The van der Waals surface area contributed by atoms with Crippen LogP contribution in [0.3, 0.4) is 0 Å². The van der Waals surface area contributed by atoms with E-state index in [4.69, 9.17) is 5.11 Å². The Hall–Kier alpha value is -2.69. The van der Waals surface area contributed by atoms with Crippen molar-refractivity contribution in [1.82, 2.24) is 14.6 Å². The quantitative estimate of drug-likeness (QED) is 0.775. The molecule has 0 aliphatic carbocycles. The number of carbonyl (C=O) groups is 1. The second kappa shape index (κ2) is 4.45. The van der Waals surface area contributed by atoms with Gasteiger partial charge in [-0.1, -0.05) is 29.8 Å². The minimum atomic E-state index is -1.04. The normalized spacial score (nSPS) is 10.9. The Morgan fingerprint density at radius 2 is 1.80 bits per heavy atom. The molecule has 1 N–H and O–H groups in total. The van der Waals surface area contributed by atoms with Crippen LogP contribution in [0.1, 0.15) is 21.9 Å². The molecule has 0 spiro atoms. The lowest BCUT2D eigenvalue weighted by Crippen LogP contribution is -1.99. The summed E-state index contributed by atoms with van der Waals surface area (Å²) >= 11 is 0. The van der Waals surface area contributed by atoms with Gasteiger partial charge < -0.3 is 5.11 Å². The van der Waals surface area contributed by atoms with E-state index in [0.29, 0.717) is 11.3 Å². The van der Waals surface area contributed by atoms with Crippen LogP contribution >= 0.6 is 0 Å². The summed E-state index contributed by atoms with van der Waals surface area (Å²) in [5, 5.41) is 13.6. The third-order valence-corrected chi connectivity index (χ3v) is 3.21. The van der Waals surface area contributed by atoms with Gasteiger partial charge in [0.15, 0.2) is 5.69 Å². The van der Waals surface area contributed by atoms with Gasteiger partial charge in [0.05, 0.1) is 11.2 Å². The third kappa shape index (κ3) is 1.93. The van der Waals surface area contributed by atoms with Crippen molar-refractivity contribution in [3.05, 3.63) is 53.5 Å². The van der Waals surface area contributed by atoms with Crippen LogP contribution in [0.25, 0.3) is 16.8 Å². The lowest BCUT2D eigenvalue weighted by molar-refractivity contribution is 0.0693. The highest BCUT2D eigenvalue weighted by molar-refractivity contribution is 5.93. The van der Waals surface area contributed by atoms with Crippen molar-refractivity contribution >= 4 is 11.5 Å². The van der Waals surface area contributed by atoms with Gasteiger partial charge in [0.1, 0.15) is 5.82 Å². The highest BCUT2D eigenvalue weighted by Crippen LogP contribution is 2.20. The molecular weight excluding hydrogens is 254 g/mol. The van der Waals surface area contributed by atoms with E-state index >= 15 is 0 Å². The standard InChI is InChI=1S/C15H13N3O2/c1-9-3-5-11(6-4-9)12-7-8-13-14(15(19)20)16-10(2)18(13)17-12/h3-8H,1-2H3,(H,19,20). The Morgan fingerprint density at radius 3 is 2.45 bits per heavy atom. The number of rotatable bonds is 2. The van der Waals surface area contributed by atoms with E-state index in [9.17, 15) is 4.79 Å². The van der Waals surface area contributed by atoms with Crippen molar-refractivity contribution in [2.75, 3.05) is 0 Å². The number of fused-ring (bicyclic) bond motifs is 1. The Bertz CT molecular complexity index is 804. The summed E-state index contributed by atoms with van der Waals surface area (Å²) in [4.78, 5) is 15.2. The molecule has 3 aromatic rings. The van der Waals surface area contributed by atoms with Crippen molar-refractivity contribution in [3.8, 4) is 11.3 Å². The first kappa shape index (κ1) is 12.3. The lowest BCUT2D eigenvalue weighted by atomic mass is 10.1. The predicted octanol–water partition coefficient (Wildman–Crippen LogP) is 2.71. The topological polar surface area (TPSA) is 67.5 Å². The van der Waals surface area contributed by atoms with Crippen LogP contribution in [0.4, 0.5) is 0 Å². The molecule has 0 aliphatic heterocycles. The molecule has 0 radical (unpaired) electrons. The summed E-state index contributed by atoms with van der Waals surface area (Å²) < 4.78 is 1.57. The second-order valence-corrected chi connectivity index (χ2v) is 4.69. The van der Waals surface area contributed by atoms with Gasteiger partial charge in [0, 0.05) is 5.56 Å². The molecule has 100 valence electrons. The third-order valence-electron chi connectivity index (χ3n) is 3.21. The molecule has 1 aromatic carbocycles. The van der Waals surface area contributed by atoms with E-state index in [0.717, 1.165) is 11.3 Å². The number of carboxylic acids is 1. The fraction of sp³-hybridized carbons (Fsp3) is 0.133. The van der Waals surface area contributed by atoms with Crippen molar-refractivity contribution in [2.24, 2.45) is 0 Å². The fourth-order valence-corrected chi connectivity index (χ4v) is 2.15. The smallest absolute Gasteiger partial charge is 0.356 e. The van der Waals surface area contributed by atoms with Crippen LogP contribution in [-0.4, -0.2) is 25.7 Å². The number of hydrogen-bond donors (Lipinski definition) is 1. The fourth-order valence-electron chi connectivity index (χ4n) is 2.15. The maximum absolute atomic E-state index is 11.1. The van der Waals surface area contributed by atoms with Crippen LogP contribution < -0.4 is 0 Å². The maximum atomic E-state index is 11.1. The number of aromatic nitrogens is 3. The van der Waals surface area contributed by atoms with E-state index in [2.05, 4.69) is 10.1 Å². The zero-order valence-corrected chi connectivity index (χ0v) is 11.2. The molecule has 5 heteroatoms. The number of nitrogens with zero attached hydrogens (tertiary/aromatic N) is 3. The molecule has 0 unspecified atom stereocenters. The summed E-state index contributed by atoms with van der Waals surface area (Å²) in [6, 6.07) is 11.6. The molecule has 0 atom stereocenters. The summed E-state index contributed by atoms with van der Waals surface area (Å²) in [6.45, 7) is 3.77. The zero-order valence-electron chi connectivity index (χ0n) is 11.2. The van der Waals surface area contributed by atoms with Gasteiger partial charge in [0.2, 0.25) is 0 Å². The van der Waals surface area contributed by atoms with Gasteiger partial charge in [-0.25, -0.2) is 14.3 Å². The summed E-state index contributed by atoms with van der Waals surface area (Å²) in [7, 11) is 0. The van der Waals surface area contributed by atoms with Gasteiger partial charge in [0.25, 0.3) is 0 Å². The van der Waals surface area contributed by atoms with E-state index < -0.39 is 5.97 Å². The SMILES string of the molecule is Cc1ccc(-c2ccc3c(C(=O)O)nc(C)n3n2)cc1. The van der Waals surface area contributed by atoms with Gasteiger partial charge in [-0.15, -0.1) is 0 Å². The number of imidazole rings is 1. The first-order chi connectivity index (χ1) is 9.56. The highest BCUT2D eigenvalue weighted by atomic mass is 16.4. The number of hydrogen-bond acceptors (Lipinski definition) is 3. The Labute approximate surface area is 115 Å². The zero-order chi connectivity index (χ0) is 14.3. The van der Waals surface area contributed by atoms with Crippen LogP contribution in [-0.2, 0) is 0 Å². The molecule has 0 bridgehead atoms. The Morgan fingerprint density at radius 1 is 1.10 bits per heavy atom. The molecule has 2 heterocycles. The monoisotopic (exact) mass is 267 g/mol. The number of aryl methyl sites for hydroxylation is 2. The van der Waals surface area contributed by atoms with Crippen LogP contribution in [0, 0.1) is 13.8 Å². The average molecular weight is 267 g/mol. The van der Waals surface area contributed by atoms with Crippen molar-refractivity contribution in [1.29, 1.82) is 0 Å². The molecule has 5 nitrogen and oxygen atoms in total. The molecule has 0 saturated heterocycles. The van der Waals surface area contributed by atoms with Crippen molar-refractivity contribution in [3.63, 3.8) is 0 Å². The number of aromatic carboxylic acids is 1. The lowest BCUT2D eigenvalue weighted by Gasteiger charge is -2.03. The molecule has 0 amide bonds. The molecule has 20 heavy (non-hydrogen) atoms. The second-order valence-electron chi connectivity index (χ2n) is 4.69. The van der Waals surface area contributed by atoms with Crippen LogP contribution in [0.2, 0.25) is 0 Å². The molecular formula is C15H13N3O2. The molecule has 3 rings (SSSR count). The number of benzene rings is 1. The van der Waals surface area contributed by atoms with Crippen LogP contribution in [0.15, 0.2) is 36.4 Å². The Balaban J connectivity index is 2.18. The number of carboxylic acid groups (broad SMARTS) is 1.